The van der Waals surface area contributed by atoms with E-state index in [0.717, 1.165) is 13.8 Å². The van der Waals surface area contributed by atoms with Crippen molar-refractivity contribution in [3.63, 3.8) is 0 Å². The topological polar surface area (TPSA) is 822 Å². The quantitative estimate of drug-likeness (QED) is 0.0479. The van der Waals surface area contributed by atoms with E-state index in [1.807, 2.05) is 10.6 Å². The van der Waals surface area contributed by atoms with Crippen LogP contribution in [-0.2, 0) is 121 Å². The maximum atomic E-state index is 16.2. The molecular weight excluding hydrogens is 1980 g/mol. The van der Waals surface area contributed by atoms with Crippen molar-refractivity contribution < 1.29 is 146 Å². The first-order valence-electron chi connectivity index (χ1n) is 47.8. The first-order valence-corrected chi connectivity index (χ1v) is 51.0. The molecule has 6 bridgehead atoms. The summed E-state index contributed by atoms with van der Waals surface area (Å²) in [6.07, 6.45) is -7.44. The van der Waals surface area contributed by atoms with Crippen LogP contribution in [-0.4, -0.2) is 371 Å². The van der Waals surface area contributed by atoms with Crippen molar-refractivity contribution in [2.75, 3.05) is 50.0 Å². The Morgan fingerprint density at radius 3 is 1.39 bits per heavy atom. The van der Waals surface area contributed by atoms with Crippen LogP contribution in [0.25, 0.3) is 0 Å². The molecule has 27 atom stereocenters. The number of aliphatic hydroxyl groups is 3. The van der Waals surface area contributed by atoms with Crippen molar-refractivity contribution >= 4 is 177 Å². The molecular formula is C90H141N23O30S3. The van der Waals surface area contributed by atoms with E-state index < -0.39 is 377 Å². The van der Waals surface area contributed by atoms with Gasteiger partial charge in [0.15, 0.2) is 6.10 Å². The maximum absolute atomic E-state index is 16.2. The molecule has 0 saturated carbocycles. The zero-order valence-corrected chi connectivity index (χ0v) is 86.2. The molecule has 21 amide bonds. The molecule has 4 saturated heterocycles. The van der Waals surface area contributed by atoms with Crippen LogP contribution < -0.4 is 123 Å². The molecule has 4 aliphatic heterocycles. The predicted octanol–water partition coefficient (Wildman–Crippen LogP) is -10.6. The summed E-state index contributed by atoms with van der Waals surface area (Å²) >= 11 is 1.60. The van der Waals surface area contributed by atoms with E-state index in [2.05, 4.69) is 106 Å². The Bertz CT molecular complexity index is 4840. The van der Waals surface area contributed by atoms with E-state index in [9.17, 15) is 93.0 Å². The number of hydrogen-bond donors (Lipinski definition) is 29. The highest BCUT2D eigenvalue weighted by atomic mass is 32.2. The lowest BCUT2D eigenvalue weighted by atomic mass is 9.95. The lowest BCUT2D eigenvalue weighted by Gasteiger charge is -2.33. The second-order valence-corrected chi connectivity index (χ2v) is 41.1. The Labute approximate surface area is 855 Å². The average Bonchev–Trinajstić information content (AvgIpc) is 0.847. The van der Waals surface area contributed by atoms with Gasteiger partial charge in [-0.15, -0.1) is 0 Å². The lowest BCUT2D eigenvalue weighted by Crippen LogP contribution is -2.64. The van der Waals surface area contributed by atoms with Crippen LogP contribution in [0.2, 0.25) is 0 Å². The van der Waals surface area contributed by atoms with Gasteiger partial charge in [0, 0.05) is 52.4 Å². The van der Waals surface area contributed by atoms with E-state index in [1.54, 1.807) is 51.1 Å². The molecule has 814 valence electrons. The largest absolute Gasteiger partial charge is 0.481 e. The minimum Gasteiger partial charge on any atom is -0.481 e. The third-order valence-corrected chi connectivity index (χ3v) is 28.4. The van der Waals surface area contributed by atoms with Crippen LogP contribution in [0.4, 0.5) is 0 Å². The van der Waals surface area contributed by atoms with Crippen LogP contribution in [0.3, 0.4) is 0 Å². The fourth-order valence-corrected chi connectivity index (χ4v) is 18.2. The number of rotatable bonds is 22. The van der Waals surface area contributed by atoms with Crippen molar-refractivity contribution in [1.29, 1.82) is 0 Å². The number of amides is 21. The maximum Gasteiger partial charge on any atom is 0.335 e. The predicted molar refractivity (Wildman–Crippen MR) is 526 cm³/mol. The van der Waals surface area contributed by atoms with E-state index >= 15 is 52.7 Å². The second kappa shape index (κ2) is 59.8. The number of carboxylic acid groups (broad SMARTS) is 3. The summed E-state index contributed by atoms with van der Waals surface area (Å²) in [5.74, 6) is -38.3. The number of carbonyl (C=O) groups is 24. The fourth-order valence-electron chi connectivity index (χ4n) is 14.9. The molecule has 1 aromatic rings. The third-order valence-electron chi connectivity index (χ3n) is 24.4. The molecule has 0 unspecified atom stereocenters. The van der Waals surface area contributed by atoms with Crippen molar-refractivity contribution in [1.82, 2.24) is 117 Å². The number of aliphatic carboxylic acids is 3. The van der Waals surface area contributed by atoms with Crippen LogP contribution >= 0.6 is 35.3 Å². The average molecular weight is 2120 g/mol. The van der Waals surface area contributed by atoms with Gasteiger partial charge in [-0.25, -0.2) is 9.59 Å². The number of carboxylic acids is 3. The fraction of sp³-hybridized carbons (Fsp3) is 0.667. The Kier molecular flexibility index (Phi) is 50.7. The Hall–Kier alpha value is -12.6. The van der Waals surface area contributed by atoms with E-state index in [1.165, 1.54) is 69.2 Å². The van der Waals surface area contributed by atoms with E-state index in [-0.39, 0.29) is 38.6 Å². The van der Waals surface area contributed by atoms with Crippen LogP contribution in [0.5, 0.6) is 0 Å². The van der Waals surface area contributed by atoms with Gasteiger partial charge < -0.3 is 153 Å². The molecule has 1 aromatic carbocycles. The minimum absolute atomic E-state index is 0.0839. The van der Waals surface area contributed by atoms with E-state index in [4.69, 9.17) is 5.73 Å². The van der Waals surface area contributed by atoms with Gasteiger partial charge in [-0.3, -0.25) is 105 Å². The van der Waals surface area contributed by atoms with E-state index in [0.29, 0.717) is 40.8 Å². The summed E-state index contributed by atoms with van der Waals surface area (Å²) in [4.78, 5) is 352. The van der Waals surface area contributed by atoms with Crippen molar-refractivity contribution in [2.24, 2.45) is 29.4 Å². The number of nitrogens with two attached hydrogens (primary N) is 1. The van der Waals surface area contributed by atoms with Gasteiger partial charge in [0.05, 0.1) is 31.8 Å². The zero-order chi connectivity index (χ0) is 110. The van der Waals surface area contributed by atoms with Gasteiger partial charge in [0.2, 0.25) is 124 Å². The summed E-state index contributed by atoms with van der Waals surface area (Å²) in [5, 5.41) is 114. The number of aliphatic hydroxyl groups excluding tert-OH is 3. The van der Waals surface area contributed by atoms with Gasteiger partial charge >= 0.3 is 17.9 Å². The Morgan fingerprint density at radius 1 is 0.438 bits per heavy atom. The molecule has 0 aliphatic carbocycles. The van der Waals surface area contributed by atoms with Crippen LogP contribution in [0.15, 0.2) is 30.3 Å². The summed E-state index contributed by atoms with van der Waals surface area (Å²) in [6.45, 7) is 15.9. The number of benzene rings is 1. The molecule has 146 heavy (non-hydrogen) atoms. The zero-order valence-electron chi connectivity index (χ0n) is 83.7. The molecule has 4 aliphatic rings. The number of fused-ring (bicyclic) bond motifs is 21. The summed E-state index contributed by atoms with van der Waals surface area (Å²) in [6, 6.07) is -30.6. The third kappa shape index (κ3) is 38.6. The molecule has 30 N–H and O–H groups in total. The standard InChI is InChI=1S/C90H141N23O30S3/c1-16-39(7)62-83(134)108-61(38(5)6)82(133)111-67-47(15)145-35-55-78(129)100-52(75(126)99-51(29-48-23-19-18-20-24-48)73(124)93-31-57(116)105-62)30-92-28-22-21-25-50(89(140)141)98-86(137)66-46(14)144-34-54(102-74(125)49(26-27-59(118)119)97-71(122)42(10)95-70(121)41(9)91)77(128)96-43(11)72(123)101-53(33-114)76(127)110-65(87(138)104-55)45(13)146-36-56(103-81(132)60(37(3)4)107-84(135)63(40(8)17-2)109-88(67)139)79(130)113-68(69(120)90(142)143)80(131)94-32-58(117)106-64(44(12)115)85(136)112-66/h18-20,23-24,37-47,49-56,60-69,92,114-115,120H,16-17,21-22,25-36,91H2,1-15H3,(H,93,124)(H,94,131)(H,95,121)(H,96,128)(H,97,122)(H,98,137)(H,99,126)(H,100,129)(H,101,123)(H,102,125)(H,103,132)(H,104,138)(H,105,116)(H,106,117)(H,107,135)(H,108,134)(H,109,139)(H,110,127)(H,111,133)(H,112,136)(H,113,130)(H,118,119)(H,140,141)(H,142,143)/t39-,40-,41-,42-,43-,44+,45-,46-,47-,49-,50-,51-,52-,53-,54-,55-,56-,60-,61-,62-,63-,64-,65+,66+,67+,68-,69+/m0/s1. The summed E-state index contributed by atoms with van der Waals surface area (Å²) in [5.41, 5.74) is 6.10. The highest BCUT2D eigenvalue weighted by Crippen LogP contribution is 2.25. The molecule has 0 radical (unpaired) electrons. The molecule has 4 fully saturated rings. The van der Waals surface area contributed by atoms with Crippen molar-refractivity contribution in [3.05, 3.63) is 35.9 Å². The monoisotopic (exact) mass is 2120 g/mol. The molecule has 5 rings (SSSR count). The van der Waals surface area contributed by atoms with Gasteiger partial charge in [-0.2, -0.15) is 35.3 Å². The highest BCUT2D eigenvalue weighted by molar-refractivity contribution is 8.00. The number of thioether (sulfide) groups is 3. The van der Waals surface area contributed by atoms with Gasteiger partial charge in [0.1, 0.15) is 115 Å². The SMILES string of the molecule is CC[C@H](C)[C@@H]1NC(=O)CNC(=O)[C@H](Cc2ccccc2)NC(=O)[C@@H]2CNCCCC[C@@H](C(=O)O)NC(=O)[C@@H]3NC(=O)[C@H]([C@@H](C)O)NC(=O)CNC(=O)[C@H]([C@@H](O)C(=O)O)NC(=O)[C@@H]4CS[C@@H](C)[C@@H](NC(=O)[C@H](CO)NC(=O)[C@H](C)NC(=O)[C@@H](NC(=O)[C@H](CCC(=O)O)NC(=O)[C@H](C)NC(=O)[C@H](C)N)CS[C@H]3C)C(=O)N[C@@H](CS[C@@H](C)[C@@H](NC(=O)[C@H](C(C)C)NC1=O)C(=O)N[C@@H]([C@@H](C)CC)C(=O)N[C@@H](C(C)C)C(=O)N4)C(=O)N2. The first kappa shape index (κ1) is 124. The number of carbonyl (C=O) groups excluding carboxylic acids is 21. The van der Waals surface area contributed by atoms with Crippen molar-refractivity contribution in [3.8, 4) is 0 Å². The first-order chi connectivity index (χ1) is 68.5. The smallest absolute Gasteiger partial charge is 0.335 e. The number of hydrogen-bond acceptors (Lipinski definition) is 32. The lowest BCUT2D eigenvalue weighted by molar-refractivity contribution is -0.152. The second-order valence-electron chi connectivity index (χ2n) is 36.9. The van der Waals surface area contributed by atoms with Crippen LogP contribution in [0, 0.1) is 23.7 Å². The molecule has 56 heteroatoms. The van der Waals surface area contributed by atoms with Gasteiger partial charge in [0.25, 0.3) is 0 Å². The van der Waals surface area contributed by atoms with Crippen molar-refractivity contribution in [2.45, 2.75) is 304 Å². The Balaban J connectivity index is 2.00. The molecule has 4 heterocycles. The summed E-state index contributed by atoms with van der Waals surface area (Å²) in [7, 11) is 0. The van der Waals surface area contributed by atoms with Gasteiger partial charge in [-0.05, 0) is 89.2 Å². The number of nitrogens with one attached hydrogen (secondary N) is 22. The molecule has 53 nitrogen and oxygen atoms in total. The summed E-state index contributed by atoms with van der Waals surface area (Å²) < 4.78 is 0. The minimum atomic E-state index is -3.01. The van der Waals surface area contributed by atoms with Gasteiger partial charge in [-0.1, -0.05) is 119 Å². The molecule has 0 spiro atoms. The Morgan fingerprint density at radius 2 is 0.884 bits per heavy atom. The molecule has 0 aromatic heterocycles. The van der Waals surface area contributed by atoms with Crippen LogP contribution in [0.1, 0.15) is 154 Å². The highest BCUT2D eigenvalue weighted by Gasteiger charge is 2.46. The normalized spacial score (nSPS) is 29.0.